The maximum Gasteiger partial charge on any atom is 0.238 e. The lowest BCUT2D eigenvalue weighted by atomic mass is 10.2. The molecule has 0 fully saturated rings. The molecule has 2 rings (SSSR count). The van der Waals surface area contributed by atoms with E-state index in [0.29, 0.717) is 12.6 Å². The lowest BCUT2D eigenvalue weighted by molar-refractivity contribution is 0.132. The molecule has 0 saturated heterocycles. The first-order valence-corrected chi connectivity index (χ1v) is 5.18. The standard InChI is InChI=1S/C12H16N2O2/c1-8-9(2)14(7-15-3)11-10(8)5-6-13-12(11)16-4/h5-6H,7H2,1-4H3. The van der Waals surface area contributed by atoms with Crippen LogP contribution in [0.3, 0.4) is 0 Å². The molecular weight excluding hydrogens is 204 g/mol. The van der Waals surface area contributed by atoms with E-state index in [2.05, 4.69) is 23.4 Å². The molecule has 4 nitrogen and oxygen atoms in total. The summed E-state index contributed by atoms with van der Waals surface area (Å²) < 4.78 is 12.6. The molecule has 16 heavy (non-hydrogen) atoms. The van der Waals surface area contributed by atoms with Gasteiger partial charge in [0.15, 0.2) is 0 Å². The average Bonchev–Trinajstić information content (AvgIpc) is 2.55. The summed E-state index contributed by atoms with van der Waals surface area (Å²) in [5, 5.41) is 1.17. The van der Waals surface area contributed by atoms with E-state index < -0.39 is 0 Å². The number of aromatic nitrogens is 2. The fourth-order valence-electron chi connectivity index (χ4n) is 2.00. The smallest absolute Gasteiger partial charge is 0.238 e. The Labute approximate surface area is 94.8 Å². The van der Waals surface area contributed by atoms with Crippen LogP contribution in [0.2, 0.25) is 0 Å². The van der Waals surface area contributed by atoms with Crippen LogP contribution in [0.15, 0.2) is 12.3 Å². The Bertz CT molecular complexity index is 517. The Hall–Kier alpha value is -1.55. The second kappa shape index (κ2) is 4.14. The first kappa shape index (κ1) is 11.0. The number of rotatable bonds is 3. The number of nitrogens with zero attached hydrogens (tertiary/aromatic N) is 2. The first-order chi connectivity index (χ1) is 7.70. The first-order valence-electron chi connectivity index (χ1n) is 5.18. The van der Waals surface area contributed by atoms with Crippen LogP contribution in [0.5, 0.6) is 5.88 Å². The van der Waals surface area contributed by atoms with Gasteiger partial charge in [-0.05, 0) is 25.5 Å². The van der Waals surface area contributed by atoms with Crippen LogP contribution in [0.1, 0.15) is 11.3 Å². The van der Waals surface area contributed by atoms with Crippen molar-refractivity contribution in [3.8, 4) is 5.88 Å². The molecule has 0 N–H and O–H groups in total. The van der Waals surface area contributed by atoms with Crippen LogP contribution in [0, 0.1) is 13.8 Å². The van der Waals surface area contributed by atoms with Crippen molar-refractivity contribution in [1.29, 1.82) is 0 Å². The van der Waals surface area contributed by atoms with Gasteiger partial charge in [0.1, 0.15) is 12.2 Å². The zero-order valence-electron chi connectivity index (χ0n) is 10.1. The van der Waals surface area contributed by atoms with E-state index in [1.165, 1.54) is 16.6 Å². The molecule has 0 radical (unpaired) electrons. The van der Waals surface area contributed by atoms with Gasteiger partial charge >= 0.3 is 0 Å². The molecule has 2 aromatic rings. The number of hydrogen-bond acceptors (Lipinski definition) is 3. The summed E-state index contributed by atoms with van der Waals surface area (Å²) in [7, 11) is 3.32. The van der Waals surface area contributed by atoms with Gasteiger partial charge in [0.2, 0.25) is 5.88 Å². The number of aryl methyl sites for hydroxylation is 1. The molecule has 0 amide bonds. The van der Waals surface area contributed by atoms with Crippen LogP contribution >= 0.6 is 0 Å². The molecule has 0 aliphatic rings. The third-order valence-corrected chi connectivity index (χ3v) is 2.96. The van der Waals surface area contributed by atoms with Crippen molar-refractivity contribution in [2.24, 2.45) is 0 Å². The van der Waals surface area contributed by atoms with Crippen molar-refractivity contribution in [2.45, 2.75) is 20.6 Å². The van der Waals surface area contributed by atoms with Gasteiger partial charge in [-0.25, -0.2) is 4.98 Å². The van der Waals surface area contributed by atoms with Crippen molar-refractivity contribution >= 4 is 10.9 Å². The number of methoxy groups -OCH3 is 2. The van der Waals surface area contributed by atoms with Crippen LogP contribution in [0.25, 0.3) is 10.9 Å². The van der Waals surface area contributed by atoms with Gasteiger partial charge in [-0.2, -0.15) is 0 Å². The quantitative estimate of drug-likeness (QED) is 0.796. The molecular formula is C12H16N2O2. The molecule has 0 aliphatic carbocycles. The molecule has 86 valence electrons. The predicted molar refractivity (Wildman–Crippen MR) is 62.8 cm³/mol. The Balaban J connectivity index is 2.80. The highest BCUT2D eigenvalue weighted by molar-refractivity contribution is 5.88. The molecule has 0 saturated carbocycles. The third kappa shape index (κ3) is 1.46. The molecule has 2 aromatic heterocycles. The molecule has 0 atom stereocenters. The lowest BCUT2D eigenvalue weighted by Crippen LogP contribution is -2.03. The lowest BCUT2D eigenvalue weighted by Gasteiger charge is -2.08. The van der Waals surface area contributed by atoms with E-state index in [-0.39, 0.29) is 0 Å². The average molecular weight is 220 g/mol. The topological polar surface area (TPSA) is 36.3 Å². The fraction of sp³-hybridized carbons (Fsp3) is 0.417. The van der Waals surface area contributed by atoms with E-state index in [1.54, 1.807) is 20.4 Å². The molecule has 0 spiro atoms. The summed E-state index contributed by atoms with van der Waals surface area (Å²) >= 11 is 0. The number of pyridine rings is 1. The molecule has 0 aliphatic heterocycles. The van der Waals surface area contributed by atoms with Crippen LogP contribution in [-0.2, 0) is 11.5 Å². The van der Waals surface area contributed by atoms with Gasteiger partial charge in [0, 0.05) is 24.4 Å². The largest absolute Gasteiger partial charge is 0.479 e. The highest BCUT2D eigenvalue weighted by Crippen LogP contribution is 2.30. The van der Waals surface area contributed by atoms with Gasteiger partial charge in [-0.3, -0.25) is 0 Å². The zero-order valence-corrected chi connectivity index (χ0v) is 10.1. The summed E-state index contributed by atoms with van der Waals surface area (Å²) in [4.78, 5) is 4.22. The molecule has 2 heterocycles. The van der Waals surface area contributed by atoms with Crippen molar-refractivity contribution in [2.75, 3.05) is 14.2 Å². The van der Waals surface area contributed by atoms with Crippen molar-refractivity contribution in [1.82, 2.24) is 9.55 Å². The van der Waals surface area contributed by atoms with E-state index in [9.17, 15) is 0 Å². The minimum Gasteiger partial charge on any atom is -0.479 e. The second-order valence-corrected chi connectivity index (χ2v) is 3.77. The molecule has 0 aromatic carbocycles. The van der Waals surface area contributed by atoms with Gasteiger partial charge in [0.25, 0.3) is 0 Å². The van der Waals surface area contributed by atoms with Gasteiger partial charge in [0.05, 0.1) is 7.11 Å². The molecule has 0 bridgehead atoms. The third-order valence-electron chi connectivity index (χ3n) is 2.96. The zero-order chi connectivity index (χ0) is 11.7. The minimum absolute atomic E-state index is 0.512. The van der Waals surface area contributed by atoms with Gasteiger partial charge in [-0.15, -0.1) is 0 Å². The maximum absolute atomic E-state index is 5.30. The Morgan fingerprint density at radius 2 is 2.06 bits per heavy atom. The SMILES string of the molecule is COCn1c(C)c(C)c2ccnc(OC)c21. The second-order valence-electron chi connectivity index (χ2n) is 3.77. The van der Waals surface area contributed by atoms with Crippen molar-refractivity contribution < 1.29 is 9.47 Å². The fourth-order valence-corrected chi connectivity index (χ4v) is 2.00. The van der Waals surface area contributed by atoms with E-state index in [4.69, 9.17) is 9.47 Å². The summed E-state index contributed by atoms with van der Waals surface area (Å²) in [6, 6.07) is 2.01. The summed E-state index contributed by atoms with van der Waals surface area (Å²) in [6.45, 7) is 4.69. The molecule has 0 unspecified atom stereocenters. The Morgan fingerprint density at radius 1 is 1.31 bits per heavy atom. The number of fused-ring (bicyclic) bond motifs is 1. The van der Waals surface area contributed by atoms with E-state index in [1.807, 2.05) is 6.07 Å². The van der Waals surface area contributed by atoms with Crippen LogP contribution in [0.4, 0.5) is 0 Å². The summed E-state index contributed by atoms with van der Waals surface area (Å²) in [6.07, 6.45) is 1.77. The van der Waals surface area contributed by atoms with Gasteiger partial charge < -0.3 is 14.0 Å². The maximum atomic E-state index is 5.30. The predicted octanol–water partition coefficient (Wildman–Crippen LogP) is 2.27. The van der Waals surface area contributed by atoms with Crippen LogP contribution in [-0.4, -0.2) is 23.8 Å². The number of ether oxygens (including phenoxy) is 2. The van der Waals surface area contributed by atoms with Crippen molar-refractivity contribution in [3.05, 3.63) is 23.5 Å². The Morgan fingerprint density at radius 3 is 2.69 bits per heavy atom. The highest BCUT2D eigenvalue weighted by Gasteiger charge is 2.14. The normalized spacial score (nSPS) is 11.0. The number of hydrogen-bond donors (Lipinski definition) is 0. The van der Waals surface area contributed by atoms with E-state index >= 15 is 0 Å². The summed E-state index contributed by atoms with van der Waals surface area (Å²) in [5.41, 5.74) is 3.43. The highest BCUT2D eigenvalue weighted by atomic mass is 16.5. The van der Waals surface area contributed by atoms with E-state index in [0.717, 1.165) is 5.52 Å². The van der Waals surface area contributed by atoms with Gasteiger partial charge in [-0.1, -0.05) is 0 Å². The van der Waals surface area contributed by atoms with Crippen LogP contribution < -0.4 is 4.74 Å². The molecule has 4 heteroatoms. The van der Waals surface area contributed by atoms with Crippen molar-refractivity contribution in [3.63, 3.8) is 0 Å². The Kier molecular flexibility index (Phi) is 2.83. The summed E-state index contributed by atoms with van der Waals surface area (Å²) in [5.74, 6) is 0.644. The minimum atomic E-state index is 0.512. The monoisotopic (exact) mass is 220 g/mol.